The number of carbonyl (C=O) groups is 2. The Morgan fingerprint density at radius 2 is 0.868 bits per heavy atom. The van der Waals surface area contributed by atoms with Crippen LogP contribution in [0, 0.1) is 27.5 Å². The number of Topliss-reactive ketones (excluding diaryl/α,β-unsaturated/α-hetero) is 2. The Balaban J connectivity index is 1.62. The fourth-order valence-corrected chi connectivity index (χ4v) is 6.01. The minimum Gasteiger partial charge on any atom is -0.289 e. The van der Waals surface area contributed by atoms with Gasteiger partial charge in [-0.3, -0.25) is 9.59 Å². The van der Waals surface area contributed by atoms with Crippen LogP contribution in [-0.2, 0) is 15.8 Å². The third kappa shape index (κ3) is 10.4. The van der Waals surface area contributed by atoms with Gasteiger partial charge in [0.25, 0.3) is 0 Å². The number of nitrogens with zero attached hydrogens (tertiary/aromatic N) is 4. The van der Waals surface area contributed by atoms with Crippen molar-refractivity contribution >= 4 is 22.9 Å². The number of carbonyl (C=O) groups excluding carboxylic acids is 2. The van der Waals surface area contributed by atoms with E-state index in [-0.39, 0.29) is 23.1 Å². The Labute approximate surface area is 310 Å². The first-order chi connectivity index (χ1) is 24.4. The van der Waals surface area contributed by atoms with Gasteiger partial charge in [0, 0.05) is 22.3 Å². The van der Waals surface area contributed by atoms with Crippen LogP contribution in [0.1, 0.15) is 87.6 Å². The van der Waals surface area contributed by atoms with E-state index in [0.717, 1.165) is 12.1 Å². The Morgan fingerprint density at radius 1 is 0.528 bits per heavy atom. The molecule has 0 aliphatic heterocycles. The van der Waals surface area contributed by atoms with Crippen LogP contribution < -0.4 is 0 Å². The van der Waals surface area contributed by atoms with E-state index in [0.29, 0.717) is 52.0 Å². The molecule has 2 aromatic rings. The predicted molar refractivity (Wildman–Crippen MR) is 201 cm³/mol. The minimum absolute atomic E-state index is 0.0394. The van der Waals surface area contributed by atoms with Crippen molar-refractivity contribution in [2.75, 3.05) is 0 Å². The van der Waals surface area contributed by atoms with Crippen molar-refractivity contribution in [3.63, 3.8) is 0 Å². The average molecular weight is 729 g/mol. The first-order valence-electron chi connectivity index (χ1n) is 17.5. The van der Waals surface area contributed by atoms with Gasteiger partial charge in [-0.25, -0.2) is 4.39 Å². The lowest BCUT2D eigenvalue weighted by Crippen LogP contribution is -2.32. The summed E-state index contributed by atoms with van der Waals surface area (Å²) in [6.07, 6.45) is 7.06. The lowest BCUT2D eigenvalue weighted by Gasteiger charge is -2.38. The minimum atomic E-state index is -4.45. The maximum Gasteiger partial charge on any atom is 0.416 e. The van der Waals surface area contributed by atoms with Crippen molar-refractivity contribution in [3.05, 3.63) is 130 Å². The number of alkyl halides is 3. The summed E-state index contributed by atoms with van der Waals surface area (Å²) in [5.41, 5.74) is 1.69. The largest absolute Gasteiger partial charge is 0.416 e. The number of allylic oxidation sites excluding steroid dienone is 10. The van der Waals surface area contributed by atoms with E-state index in [1.54, 1.807) is 18.4 Å². The molecule has 10 heteroatoms. The highest BCUT2D eigenvalue weighted by molar-refractivity contribution is 6.12. The summed E-state index contributed by atoms with van der Waals surface area (Å²) in [5.74, 6) is -0.473. The highest BCUT2D eigenvalue weighted by Gasteiger charge is 2.40. The quantitative estimate of drug-likeness (QED) is 0.190. The molecule has 2 aliphatic carbocycles. The van der Waals surface area contributed by atoms with Gasteiger partial charge in [-0.05, 0) is 118 Å². The molecule has 2 aromatic carbocycles. The normalized spacial score (nSPS) is 18.2. The molecule has 4 rings (SSSR count). The van der Waals surface area contributed by atoms with Gasteiger partial charge in [-0.1, -0.05) is 69.2 Å². The molecular formula is C43H48F4N4O2. The monoisotopic (exact) mass is 728 g/mol. The van der Waals surface area contributed by atoms with E-state index < -0.39 is 33.4 Å². The van der Waals surface area contributed by atoms with Gasteiger partial charge in [-0.15, -0.1) is 0 Å². The first-order valence-corrected chi connectivity index (χ1v) is 17.5. The summed E-state index contributed by atoms with van der Waals surface area (Å²) < 4.78 is 52.3. The fourth-order valence-electron chi connectivity index (χ4n) is 6.01. The van der Waals surface area contributed by atoms with Crippen molar-refractivity contribution in [2.45, 2.75) is 88.3 Å². The molecule has 0 heterocycles. The van der Waals surface area contributed by atoms with Crippen LogP contribution in [0.3, 0.4) is 0 Å². The van der Waals surface area contributed by atoms with Crippen molar-refractivity contribution in [3.8, 4) is 0 Å². The Hall–Kier alpha value is -4.86. The van der Waals surface area contributed by atoms with Crippen LogP contribution in [0.15, 0.2) is 139 Å². The Bertz CT molecular complexity index is 1990. The second-order valence-electron chi connectivity index (χ2n) is 16.9. The van der Waals surface area contributed by atoms with Crippen molar-refractivity contribution in [1.29, 1.82) is 0 Å². The molecule has 0 radical (unpaired) electrons. The van der Waals surface area contributed by atoms with Gasteiger partial charge in [-0.2, -0.15) is 33.6 Å². The van der Waals surface area contributed by atoms with Gasteiger partial charge >= 0.3 is 6.18 Å². The van der Waals surface area contributed by atoms with Crippen molar-refractivity contribution in [1.82, 2.24) is 0 Å². The van der Waals surface area contributed by atoms with E-state index in [1.165, 1.54) is 42.6 Å². The number of ketones is 2. The van der Waals surface area contributed by atoms with Crippen LogP contribution in [0.2, 0.25) is 0 Å². The molecule has 0 saturated heterocycles. The maximum absolute atomic E-state index is 14.0. The van der Waals surface area contributed by atoms with E-state index in [2.05, 4.69) is 20.5 Å². The topological polar surface area (TPSA) is 83.6 Å². The standard InChI is InChI=1S/C43H48F4N4O2/c1-39(2,3)33-21-27(25-48-50-31-15-11-29(12-16-31)43(45,46)47)23-35(37(33)52)41(7,8)19-20-42(9,10)36-24-28(22-34(38(36)53)40(4,5)6)26-49-51-32-17-13-30(44)14-18-32/h11-18,21-26H,19-20H2,1-10H3/b27-25-,28-26+,50-48?,51-49?. The SMILES string of the molecule is CC(C)(C)C1=C/C(=C/N=Nc2ccc(C(F)(F)F)cc2)C=C(C(C)(C)CCC(C)(C)C2=C/C(=C/N=Nc3ccc(F)cc3)C=C(C(C)(C)C)C2=O)C1=O. The molecule has 0 saturated carbocycles. The van der Waals surface area contributed by atoms with Gasteiger partial charge < -0.3 is 0 Å². The number of halogens is 4. The molecule has 0 spiro atoms. The molecule has 0 atom stereocenters. The van der Waals surface area contributed by atoms with E-state index in [4.69, 9.17) is 0 Å². The number of benzene rings is 2. The van der Waals surface area contributed by atoms with Gasteiger partial charge in [0.15, 0.2) is 11.6 Å². The molecular weight excluding hydrogens is 680 g/mol. The lowest BCUT2D eigenvalue weighted by atomic mass is 9.65. The number of hydrogen-bond donors (Lipinski definition) is 0. The highest BCUT2D eigenvalue weighted by atomic mass is 19.4. The number of azo groups is 2. The molecule has 0 amide bonds. The van der Waals surface area contributed by atoms with Crippen LogP contribution in [0.4, 0.5) is 28.9 Å². The van der Waals surface area contributed by atoms with Crippen LogP contribution in [-0.4, -0.2) is 11.6 Å². The molecule has 0 bridgehead atoms. The second kappa shape index (κ2) is 15.2. The third-order valence-corrected chi connectivity index (χ3v) is 9.45. The number of rotatable bonds is 9. The zero-order chi connectivity index (χ0) is 39.6. The summed E-state index contributed by atoms with van der Waals surface area (Å²) in [5, 5.41) is 16.6. The summed E-state index contributed by atoms with van der Waals surface area (Å²) in [6, 6.07) is 10.1. The van der Waals surface area contributed by atoms with Gasteiger partial charge in [0.1, 0.15) is 5.82 Å². The second-order valence-corrected chi connectivity index (χ2v) is 16.9. The van der Waals surface area contributed by atoms with Crippen molar-refractivity contribution < 1.29 is 27.2 Å². The Kier molecular flexibility index (Phi) is 11.8. The van der Waals surface area contributed by atoms with E-state index in [1.807, 2.05) is 81.4 Å². The van der Waals surface area contributed by atoms with Crippen molar-refractivity contribution in [2.24, 2.45) is 42.1 Å². The Morgan fingerprint density at radius 3 is 1.21 bits per heavy atom. The smallest absolute Gasteiger partial charge is 0.289 e. The summed E-state index contributed by atoms with van der Waals surface area (Å²) in [6.45, 7) is 19.9. The van der Waals surface area contributed by atoms with Crippen LogP contribution in [0.5, 0.6) is 0 Å². The molecule has 0 N–H and O–H groups in total. The zero-order valence-electron chi connectivity index (χ0n) is 32.1. The van der Waals surface area contributed by atoms with E-state index >= 15 is 0 Å². The average Bonchev–Trinajstić information content (AvgIpc) is 3.04. The highest BCUT2D eigenvalue weighted by Crippen LogP contribution is 2.47. The fraction of sp³-hybridized carbons (Fsp3) is 0.395. The summed E-state index contributed by atoms with van der Waals surface area (Å²) >= 11 is 0. The number of hydrogen-bond acceptors (Lipinski definition) is 6. The molecule has 6 nitrogen and oxygen atoms in total. The third-order valence-electron chi connectivity index (χ3n) is 9.45. The summed E-state index contributed by atoms with van der Waals surface area (Å²) in [7, 11) is 0. The van der Waals surface area contributed by atoms with Crippen LogP contribution >= 0.6 is 0 Å². The lowest BCUT2D eigenvalue weighted by molar-refractivity contribution is -0.137. The molecule has 0 aromatic heterocycles. The first kappa shape index (κ1) is 40.9. The maximum atomic E-state index is 14.0. The molecule has 0 fully saturated rings. The predicted octanol–water partition coefficient (Wildman–Crippen LogP) is 13.3. The van der Waals surface area contributed by atoms with Gasteiger partial charge in [0.2, 0.25) is 0 Å². The zero-order valence-corrected chi connectivity index (χ0v) is 32.1. The molecule has 53 heavy (non-hydrogen) atoms. The summed E-state index contributed by atoms with van der Waals surface area (Å²) in [4.78, 5) is 28.1. The van der Waals surface area contributed by atoms with Gasteiger partial charge in [0.05, 0.1) is 29.3 Å². The molecule has 280 valence electrons. The molecule has 2 aliphatic rings. The molecule has 0 unspecified atom stereocenters. The van der Waals surface area contributed by atoms with Crippen LogP contribution in [0.25, 0.3) is 0 Å². The van der Waals surface area contributed by atoms with E-state index in [9.17, 15) is 27.2 Å².